The maximum atomic E-state index is 11.7. The molecule has 0 fully saturated rings. The van der Waals surface area contributed by atoms with Crippen LogP contribution in [0.25, 0.3) is 22.6 Å². The predicted octanol–water partition coefficient (Wildman–Crippen LogP) is 3.17. The van der Waals surface area contributed by atoms with Gasteiger partial charge < -0.3 is 4.98 Å². The van der Waals surface area contributed by atoms with Gasteiger partial charge in [0.25, 0.3) is 5.56 Å². The summed E-state index contributed by atoms with van der Waals surface area (Å²) in [6.45, 7) is 0. The van der Waals surface area contributed by atoms with E-state index in [4.69, 9.17) is 0 Å². The number of H-pyrrole nitrogens is 1. The summed E-state index contributed by atoms with van der Waals surface area (Å²) < 4.78 is 0. The number of nitrogens with zero attached hydrogens (tertiary/aromatic N) is 1. The standard InChI is InChI=1S/C14H10N2OS/c17-13-8-12(11-6-7-18-9-11)15-14(16-13)10-4-2-1-3-5-10/h1-9H,(H,15,16,17). The van der Waals surface area contributed by atoms with Crippen LogP contribution >= 0.6 is 11.3 Å². The molecular weight excluding hydrogens is 244 g/mol. The third kappa shape index (κ3) is 2.10. The van der Waals surface area contributed by atoms with Crippen LogP contribution in [-0.4, -0.2) is 9.97 Å². The second-order valence-corrected chi connectivity index (χ2v) is 4.64. The molecule has 1 N–H and O–H groups in total. The molecule has 0 bridgehead atoms. The van der Waals surface area contributed by atoms with Gasteiger partial charge in [-0.05, 0) is 11.4 Å². The van der Waals surface area contributed by atoms with E-state index in [0.29, 0.717) is 11.5 Å². The van der Waals surface area contributed by atoms with Gasteiger partial charge in [0, 0.05) is 22.6 Å². The van der Waals surface area contributed by atoms with E-state index in [2.05, 4.69) is 9.97 Å². The number of thiophene rings is 1. The van der Waals surface area contributed by atoms with Crippen LogP contribution in [0.5, 0.6) is 0 Å². The monoisotopic (exact) mass is 254 g/mol. The zero-order valence-electron chi connectivity index (χ0n) is 9.46. The van der Waals surface area contributed by atoms with Crippen LogP contribution in [-0.2, 0) is 0 Å². The van der Waals surface area contributed by atoms with Gasteiger partial charge in [-0.1, -0.05) is 30.3 Å². The SMILES string of the molecule is O=c1cc(-c2ccsc2)nc(-c2ccccc2)[nH]1. The summed E-state index contributed by atoms with van der Waals surface area (Å²) in [5, 5.41) is 3.96. The van der Waals surface area contributed by atoms with E-state index in [1.807, 2.05) is 47.2 Å². The summed E-state index contributed by atoms with van der Waals surface area (Å²) in [6.07, 6.45) is 0. The minimum absolute atomic E-state index is 0.134. The van der Waals surface area contributed by atoms with E-state index in [9.17, 15) is 4.79 Å². The molecule has 3 aromatic rings. The third-order valence-corrected chi connectivity index (χ3v) is 3.29. The molecule has 3 rings (SSSR count). The first-order valence-electron chi connectivity index (χ1n) is 5.52. The van der Waals surface area contributed by atoms with Crippen molar-refractivity contribution in [2.75, 3.05) is 0 Å². The zero-order valence-corrected chi connectivity index (χ0v) is 10.3. The van der Waals surface area contributed by atoms with Crippen molar-refractivity contribution in [3.05, 3.63) is 63.6 Å². The van der Waals surface area contributed by atoms with Crippen molar-refractivity contribution >= 4 is 11.3 Å². The maximum absolute atomic E-state index is 11.7. The topological polar surface area (TPSA) is 45.8 Å². The second kappa shape index (κ2) is 4.58. The lowest BCUT2D eigenvalue weighted by atomic mass is 10.2. The summed E-state index contributed by atoms with van der Waals surface area (Å²) in [5.41, 5.74) is 2.46. The van der Waals surface area contributed by atoms with Crippen molar-refractivity contribution < 1.29 is 0 Å². The van der Waals surface area contributed by atoms with Gasteiger partial charge in [-0.25, -0.2) is 4.98 Å². The van der Waals surface area contributed by atoms with Crippen LogP contribution in [0.4, 0.5) is 0 Å². The molecule has 0 saturated carbocycles. The van der Waals surface area contributed by atoms with Crippen LogP contribution < -0.4 is 5.56 Å². The van der Waals surface area contributed by atoms with Crippen LogP contribution in [0, 0.1) is 0 Å². The highest BCUT2D eigenvalue weighted by Gasteiger charge is 2.05. The quantitative estimate of drug-likeness (QED) is 0.763. The fraction of sp³-hybridized carbons (Fsp3) is 0. The van der Waals surface area contributed by atoms with E-state index in [-0.39, 0.29) is 5.56 Å². The van der Waals surface area contributed by atoms with E-state index in [1.165, 1.54) is 6.07 Å². The summed E-state index contributed by atoms with van der Waals surface area (Å²) >= 11 is 1.59. The Bertz CT molecular complexity index is 702. The summed E-state index contributed by atoms with van der Waals surface area (Å²) in [6, 6.07) is 13.1. The van der Waals surface area contributed by atoms with E-state index >= 15 is 0 Å². The molecule has 0 radical (unpaired) electrons. The normalized spacial score (nSPS) is 10.4. The molecule has 0 unspecified atom stereocenters. The molecule has 4 heteroatoms. The average molecular weight is 254 g/mol. The van der Waals surface area contributed by atoms with Gasteiger partial charge in [0.1, 0.15) is 5.82 Å². The Kier molecular flexibility index (Phi) is 2.78. The average Bonchev–Trinajstić information content (AvgIpc) is 2.93. The molecule has 0 aliphatic heterocycles. The van der Waals surface area contributed by atoms with Crippen molar-refractivity contribution in [3.63, 3.8) is 0 Å². The lowest BCUT2D eigenvalue weighted by molar-refractivity contribution is 1.13. The molecule has 18 heavy (non-hydrogen) atoms. The van der Waals surface area contributed by atoms with Crippen molar-refractivity contribution in [2.45, 2.75) is 0 Å². The Morgan fingerprint density at radius 2 is 1.89 bits per heavy atom. The lowest BCUT2D eigenvalue weighted by Crippen LogP contribution is -2.08. The van der Waals surface area contributed by atoms with Gasteiger partial charge in [0.2, 0.25) is 0 Å². The van der Waals surface area contributed by atoms with Crippen molar-refractivity contribution in [3.8, 4) is 22.6 Å². The largest absolute Gasteiger partial charge is 0.306 e. The highest BCUT2D eigenvalue weighted by Crippen LogP contribution is 2.21. The number of hydrogen-bond acceptors (Lipinski definition) is 3. The van der Waals surface area contributed by atoms with E-state index < -0.39 is 0 Å². The van der Waals surface area contributed by atoms with Gasteiger partial charge in [0.05, 0.1) is 5.69 Å². The third-order valence-electron chi connectivity index (χ3n) is 2.61. The molecule has 0 amide bonds. The summed E-state index contributed by atoms with van der Waals surface area (Å²) in [5.74, 6) is 0.601. The molecule has 2 heterocycles. The van der Waals surface area contributed by atoms with Gasteiger partial charge in [0.15, 0.2) is 0 Å². The van der Waals surface area contributed by atoms with Crippen LogP contribution in [0.2, 0.25) is 0 Å². The molecule has 0 spiro atoms. The van der Waals surface area contributed by atoms with Crippen molar-refractivity contribution in [1.82, 2.24) is 9.97 Å². The summed E-state index contributed by atoms with van der Waals surface area (Å²) in [4.78, 5) is 18.9. The van der Waals surface area contributed by atoms with Gasteiger partial charge >= 0.3 is 0 Å². The fourth-order valence-electron chi connectivity index (χ4n) is 1.75. The highest BCUT2D eigenvalue weighted by atomic mass is 32.1. The Morgan fingerprint density at radius 1 is 1.06 bits per heavy atom. The lowest BCUT2D eigenvalue weighted by Gasteiger charge is -2.02. The molecule has 3 nitrogen and oxygen atoms in total. The molecule has 0 atom stereocenters. The molecular formula is C14H10N2OS. The molecule has 2 aromatic heterocycles. The fourth-order valence-corrected chi connectivity index (χ4v) is 2.40. The first kappa shape index (κ1) is 10.9. The Hall–Kier alpha value is -2.20. The minimum atomic E-state index is -0.134. The van der Waals surface area contributed by atoms with Crippen LogP contribution in [0.3, 0.4) is 0 Å². The number of aromatic nitrogens is 2. The minimum Gasteiger partial charge on any atom is -0.306 e. The second-order valence-electron chi connectivity index (χ2n) is 3.86. The maximum Gasteiger partial charge on any atom is 0.251 e. The number of nitrogens with one attached hydrogen (secondary N) is 1. The Labute approximate surface area is 108 Å². The van der Waals surface area contributed by atoms with Crippen LogP contribution in [0.15, 0.2) is 58.0 Å². The van der Waals surface area contributed by atoms with E-state index in [1.54, 1.807) is 11.3 Å². The van der Waals surface area contributed by atoms with Gasteiger partial charge in [-0.3, -0.25) is 4.79 Å². The first-order valence-corrected chi connectivity index (χ1v) is 6.46. The first-order chi connectivity index (χ1) is 8.83. The molecule has 0 saturated heterocycles. The van der Waals surface area contributed by atoms with E-state index in [0.717, 1.165) is 11.1 Å². The molecule has 0 aliphatic rings. The Morgan fingerprint density at radius 3 is 2.61 bits per heavy atom. The Balaban J connectivity index is 2.15. The predicted molar refractivity (Wildman–Crippen MR) is 73.6 cm³/mol. The number of hydrogen-bond donors (Lipinski definition) is 1. The van der Waals surface area contributed by atoms with Crippen LogP contribution in [0.1, 0.15) is 0 Å². The smallest absolute Gasteiger partial charge is 0.251 e. The molecule has 1 aromatic carbocycles. The summed E-state index contributed by atoms with van der Waals surface area (Å²) in [7, 11) is 0. The molecule has 0 aliphatic carbocycles. The van der Waals surface area contributed by atoms with Crippen molar-refractivity contribution in [2.24, 2.45) is 0 Å². The number of rotatable bonds is 2. The number of aromatic amines is 1. The highest BCUT2D eigenvalue weighted by molar-refractivity contribution is 7.08. The molecule has 88 valence electrons. The zero-order chi connectivity index (χ0) is 12.4. The van der Waals surface area contributed by atoms with Crippen molar-refractivity contribution in [1.29, 1.82) is 0 Å². The number of benzene rings is 1. The van der Waals surface area contributed by atoms with Gasteiger partial charge in [-0.2, -0.15) is 11.3 Å². The van der Waals surface area contributed by atoms with Gasteiger partial charge in [-0.15, -0.1) is 0 Å².